The fourth-order valence-corrected chi connectivity index (χ4v) is 3.11. The van der Waals surface area contributed by atoms with Gasteiger partial charge in [0.05, 0.1) is 13.1 Å². The average Bonchev–Trinajstić information content (AvgIpc) is 3.13. The number of amides is 2. The minimum absolute atomic E-state index is 0.0376. The van der Waals surface area contributed by atoms with Crippen molar-refractivity contribution in [3.63, 3.8) is 0 Å². The Balaban J connectivity index is 1.76. The van der Waals surface area contributed by atoms with Gasteiger partial charge >= 0.3 is 0 Å². The second kappa shape index (κ2) is 9.82. The van der Waals surface area contributed by atoms with Crippen LogP contribution >= 0.6 is 11.3 Å². The van der Waals surface area contributed by atoms with Gasteiger partial charge in [0, 0.05) is 31.2 Å². The van der Waals surface area contributed by atoms with Gasteiger partial charge in [0.1, 0.15) is 6.04 Å². The molecule has 10 nitrogen and oxygen atoms in total. The van der Waals surface area contributed by atoms with E-state index in [0.717, 1.165) is 0 Å². The lowest BCUT2D eigenvalue weighted by atomic mass is 10.1. The number of aliphatic imine (C=N–C) groups is 1. The van der Waals surface area contributed by atoms with Gasteiger partial charge in [-0.1, -0.05) is 0 Å². The number of guanidine groups is 1. The van der Waals surface area contributed by atoms with Crippen molar-refractivity contribution in [2.75, 3.05) is 32.7 Å². The summed E-state index contributed by atoms with van der Waals surface area (Å²) in [6.45, 7) is 1.85. The summed E-state index contributed by atoms with van der Waals surface area (Å²) in [7, 11) is 0. The first-order valence-electron chi connectivity index (χ1n) is 8.25. The molecule has 1 aromatic heterocycles. The Morgan fingerprint density at radius 2 is 2.27 bits per heavy atom. The van der Waals surface area contributed by atoms with E-state index in [1.807, 2.05) is 0 Å². The van der Waals surface area contributed by atoms with Crippen molar-refractivity contribution < 1.29 is 14.4 Å². The number of aromatic nitrogens is 1. The third-order valence-electron chi connectivity index (χ3n) is 3.75. The molecule has 1 aliphatic heterocycles. The van der Waals surface area contributed by atoms with Crippen LogP contribution in [0.3, 0.4) is 0 Å². The molecule has 0 saturated carbocycles. The van der Waals surface area contributed by atoms with Gasteiger partial charge in [-0.25, -0.2) is 9.98 Å². The highest BCUT2D eigenvalue weighted by Crippen LogP contribution is 2.13. The van der Waals surface area contributed by atoms with Crippen LogP contribution < -0.4 is 22.1 Å². The van der Waals surface area contributed by atoms with Crippen LogP contribution in [0.2, 0.25) is 0 Å². The van der Waals surface area contributed by atoms with Gasteiger partial charge in [0.25, 0.3) is 0 Å². The monoisotopic (exact) mass is 381 g/mol. The van der Waals surface area contributed by atoms with Gasteiger partial charge in [-0.15, -0.1) is 11.3 Å². The van der Waals surface area contributed by atoms with Crippen molar-refractivity contribution in [1.29, 1.82) is 0 Å². The van der Waals surface area contributed by atoms with E-state index in [4.69, 9.17) is 11.5 Å². The summed E-state index contributed by atoms with van der Waals surface area (Å²) in [5.74, 6) is -0.731. The third-order valence-corrected chi connectivity index (χ3v) is 4.54. The number of rotatable bonds is 9. The van der Waals surface area contributed by atoms with E-state index in [-0.39, 0.29) is 36.6 Å². The molecular formula is C15H23N7O3S. The maximum atomic E-state index is 12.4. The molecule has 1 saturated heterocycles. The molecule has 0 spiro atoms. The molecule has 0 aliphatic carbocycles. The molecule has 6 N–H and O–H groups in total. The molecule has 2 heterocycles. The van der Waals surface area contributed by atoms with Gasteiger partial charge in [-0.2, -0.15) is 0 Å². The van der Waals surface area contributed by atoms with E-state index in [2.05, 4.69) is 20.6 Å². The van der Waals surface area contributed by atoms with Crippen LogP contribution in [-0.4, -0.2) is 72.2 Å². The van der Waals surface area contributed by atoms with E-state index in [1.54, 1.807) is 11.6 Å². The molecule has 1 aliphatic rings. The van der Waals surface area contributed by atoms with E-state index in [1.165, 1.54) is 16.2 Å². The van der Waals surface area contributed by atoms with Crippen molar-refractivity contribution in [2.24, 2.45) is 16.5 Å². The highest BCUT2D eigenvalue weighted by atomic mass is 32.1. The highest BCUT2D eigenvalue weighted by molar-refractivity contribution is 7.11. The van der Waals surface area contributed by atoms with Crippen LogP contribution in [0.5, 0.6) is 0 Å². The number of ketones is 1. The first-order valence-corrected chi connectivity index (χ1v) is 9.13. The number of nitrogens with one attached hydrogen (secondary N) is 2. The second-order valence-corrected chi connectivity index (χ2v) is 6.65. The smallest absolute Gasteiger partial charge is 0.239 e. The Hall–Kier alpha value is -2.53. The third kappa shape index (κ3) is 6.08. The number of carbonyl (C=O) groups excluding carboxylic acids is 3. The Bertz CT molecular complexity index is 658. The normalized spacial score (nSPS) is 15.4. The van der Waals surface area contributed by atoms with Crippen molar-refractivity contribution in [3.05, 3.63) is 16.6 Å². The van der Waals surface area contributed by atoms with Gasteiger partial charge in [-0.3, -0.25) is 14.4 Å². The molecule has 1 fully saturated rings. The number of nitrogens with zero attached hydrogens (tertiary/aromatic N) is 3. The summed E-state index contributed by atoms with van der Waals surface area (Å²) in [5, 5.41) is 7.75. The summed E-state index contributed by atoms with van der Waals surface area (Å²) in [4.78, 5) is 45.4. The van der Waals surface area contributed by atoms with Crippen LogP contribution in [0.25, 0.3) is 0 Å². The molecule has 142 valence electrons. The second-order valence-electron chi connectivity index (χ2n) is 5.76. The Kier molecular flexibility index (Phi) is 7.48. The fourth-order valence-electron chi connectivity index (χ4n) is 2.49. The molecule has 0 radical (unpaired) electrons. The quantitative estimate of drug-likeness (QED) is 0.172. The lowest BCUT2D eigenvalue weighted by molar-refractivity contribution is -0.136. The molecule has 1 atom stereocenters. The molecule has 0 aromatic carbocycles. The lowest BCUT2D eigenvalue weighted by Crippen LogP contribution is -2.51. The molecule has 2 rings (SSSR count). The zero-order valence-electron chi connectivity index (χ0n) is 14.3. The van der Waals surface area contributed by atoms with Crippen molar-refractivity contribution in [2.45, 2.75) is 18.9 Å². The summed E-state index contributed by atoms with van der Waals surface area (Å²) >= 11 is 1.23. The first kappa shape index (κ1) is 19.8. The number of carbonyl (C=O) groups is 3. The Morgan fingerprint density at radius 1 is 1.46 bits per heavy atom. The lowest BCUT2D eigenvalue weighted by Gasteiger charge is -2.26. The average molecular weight is 381 g/mol. The predicted octanol–water partition coefficient (Wildman–Crippen LogP) is -1.70. The van der Waals surface area contributed by atoms with E-state index >= 15 is 0 Å². The van der Waals surface area contributed by atoms with E-state index < -0.39 is 6.04 Å². The number of piperazine rings is 1. The molecule has 1 unspecified atom stereocenters. The Morgan fingerprint density at radius 3 is 2.92 bits per heavy atom. The van der Waals surface area contributed by atoms with Crippen LogP contribution in [0, 0.1) is 0 Å². The molecule has 11 heteroatoms. The summed E-state index contributed by atoms with van der Waals surface area (Å²) < 4.78 is 0. The zero-order chi connectivity index (χ0) is 18.9. The molecular weight excluding hydrogens is 358 g/mol. The largest absolute Gasteiger partial charge is 0.370 e. The summed E-state index contributed by atoms with van der Waals surface area (Å²) in [6.07, 6.45) is 2.44. The van der Waals surface area contributed by atoms with Gasteiger partial charge in [0.15, 0.2) is 11.0 Å². The molecule has 1 aromatic rings. The molecule has 26 heavy (non-hydrogen) atoms. The van der Waals surface area contributed by atoms with Crippen molar-refractivity contribution in [1.82, 2.24) is 20.5 Å². The molecule has 2 amide bonds. The number of thiazole rings is 1. The van der Waals surface area contributed by atoms with Crippen LogP contribution in [-0.2, 0) is 9.59 Å². The van der Waals surface area contributed by atoms with Crippen molar-refractivity contribution in [3.8, 4) is 0 Å². The summed E-state index contributed by atoms with van der Waals surface area (Å²) in [6, 6.07) is -0.724. The van der Waals surface area contributed by atoms with Crippen molar-refractivity contribution >= 4 is 34.9 Å². The van der Waals surface area contributed by atoms with Gasteiger partial charge in [0.2, 0.25) is 17.6 Å². The van der Waals surface area contributed by atoms with Gasteiger partial charge < -0.3 is 27.0 Å². The predicted molar refractivity (Wildman–Crippen MR) is 97.7 cm³/mol. The maximum absolute atomic E-state index is 12.4. The fraction of sp³-hybridized carbons (Fsp3) is 0.533. The van der Waals surface area contributed by atoms with Crippen LogP contribution in [0.15, 0.2) is 16.6 Å². The minimum Gasteiger partial charge on any atom is -0.370 e. The number of hydrogen-bond acceptors (Lipinski definition) is 7. The SMILES string of the molecule is NC(N)=NC(CCCNC(=O)CN1CCNCC1=O)C(=O)c1nccs1. The number of hydrogen-bond donors (Lipinski definition) is 4. The van der Waals surface area contributed by atoms with Gasteiger partial charge in [-0.05, 0) is 12.8 Å². The minimum atomic E-state index is -0.724. The first-order chi connectivity index (χ1) is 12.5. The number of Topliss-reactive ketones (excluding diaryl/α,β-unsaturated/α-hetero) is 1. The topological polar surface area (TPSA) is 156 Å². The Labute approximate surface area is 155 Å². The van der Waals surface area contributed by atoms with Crippen LogP contribution in [0.1, 0.15) is 22.6 Å². The van der Waals surface area contributed by atoms with E-state index in [9.17, 15) is 14.4 Å². The standard InChI is InChI=1S/C15H23N7O3S/c16-15(17)21-10(13(25)14-20-5-7-26-14)2-1-3-19-11(23)9-22-6-4-18-8-12(22)24/h5,7,10,18H,1-4,6,8-9H2,(H,19,23)(H4,16,17,21). The van der Waals surface area contributed by atoms with Crippen LogP contribution in [0.4, 0.5) is 0 Å². The summed E-state index contributed by atoms with van der Waals surface area (Å²) in [5.41, 5.74) is 10.8. The zero-order valence-corrected chi connectivity index (χ0v) is 15.1. The highest BCUT2D eigenvalue weighted by Gasteiger charge is 2.22. The van der Waals surface area contributed by atoms with E-state index in [0.29, 0.717) is 37.5 Å². The maximum Gasteiger partial charge on any atom is 0.239 e. The molecule has 0 bridgehead atoms. The number of nitrogens with two attached hydrogens (primary N) is 2.